The minimum absolute atomic E-state index is 0.0457. The van der Waals surface area contributed by atoms with E-state index >= 15 is 0 Å². The molecular formula is C22H18N8O2S. The van der Waals surface area contributed by atoms with E-state index in [2.05, 4.69) is 30.4 Å². The molecule has 3 N–H and O–H groups in total. The number of carbonyl (C=O) groups excluding carboxylic acids is 1. The third-order valence-electron chi connectivity index (χ3n) is 5.39. The third kappa shape index (κ3) is 3.71. The number of amides is 1. The molecule has 0 aliphatic carbocycles. The second-order valence-electron chi connectivity index (χ2n) is 7.95. The van der Waals surface area contributed by atoms with Gasteiger partial charge in [-0.05, 0) is 43.7 Å². The SMILES string of the molecule is CC1(C)C(=O)Nc2cc(Nc3nc4c(N[S+]([O-])c5cccc(C#N)c5)nccn4n3)ccc21. The van der Waals surface area contributed by atoms with Crippen molar-refractivity contribution in [2.24, 2.45) is 0 Å². The quantitative estimate of drug-likeness (QED) is 0.387. The summed E-state index contributed by atoms with van der Waals surface area (Å²) in [5.74, 6) is 0.546. The highest BCUT2D eigenvalue weighted by atomic mass is 32.2. The molecule has 5 rings (SSSR count). The molecule has 11 heteroatoms. The van der Waals surface area contributed by atoms with Crippen LogP contribution in [0.4, 0.5) is 23.1 Å². The van der Waals surface area contributed by atoms with E-state index in [-0.39, 0.29) is 11.7 Å². The molecule has 0 fully saturated rings. The van der Waals surface area contributed by atoms with Crippen LogP contribution in [0.5, 0.6) is 0 Å². The van der Waals surface area contributed by atoms with Crippen LogP contribution in [0.1, 0.15) is 25.0 Å². The van der Waals surface area contributed by atoms with E-state index in [1.165, 1.54) is 10.7 Å². The van der Waals surface area contributed by atoms with Gasteiger partial charge in [0.25, 0.3) is 0 Å². The summed E-state index contributed by atoms with van der Waals surface area (Å²) in [4.78, 5) is 21.3. The van der Waals surface area contributed by atoms with Crippen LogP contribution in [0.15, 0.2) is 59.8 Å². The first kappa shape index (κ1) is 20.7. The summed E-state index contributed by atoms with van der Waals surface area (Å²) in [6.45, 7) is 3.76. The van der Waals surface area contributed by atoms with Crippen LogP contribution < -0.4 is 15.4 Å². The maximum Gasteiger partial charge on any atom is 0.247 e. The van der Waals surface area contributed by atoms with Crippen LogP contribution in [0.2, 0.25) is 0 Å². The zero-order chi connectivity index (χ0) is 23.2. The van der Waals surface area contributed by atoms with Gasteiger partial charge in [-0.25, -0.2) is 9.50 Å². The van der Waals surface area contributed by atoms with Gasteiger partial charge in [-0.15, -0.1) is 5.10 Å². The van der Waals surface area contributed by atoms with Gasteiger partial charge in [0.05, 0.1) is 17.0 Å². The van der Waals surface area contributed by atoms with Crippen molar-refractivity contribution in [2.45, 2.75) is 24.2 Å². The number of hydrogen-bond donors (Lipinski definition) is 3. The number of fused-ring (bicyclic) bond motifs is 2. The predicted octanol–water partition coefficient (Wildman–Crippen LogP) is 3.10. The van der Waals surface area contributed by atoms with Gasteiger partial charge in [-0.2, -0.15) is 15.0 Å². The fourth-order valence-electron chi connectivity index (χ4n) is 3.57. The van der Waals surface area contributed by atoms with Crippen molar-refractivity contribution in [3.8, 4) is 6.07 Å². The van der Waals surface area contributed by atoms with Gasteiger partial charge in [-0.1, -0.05) is 12.1 Å². The van der Waals surface area contributed by atoms with Gasteiger partial charge in [0, 0.05) is 29.8 Å². The van der Waals surface area contributed by atoms with Crippen molar-refractivity contribution in [1.29, 1.82) is 5.26 Å². The molecule has 4 aromatic rings. The molecule has 0 radical (unpaired) electrons. The summed E-state index contributed by atoms with van der Waals surface area (Å²) in [6, 6.07) is 14.1. The standard InChI is InChI=1S/C22H18N8O2S/c1-22(2)16-7-6-14(11-17(16)26-20(22)31)25-21-27-19-18(24-8-9-30(19)28-21)29-33(32)15-5-3-4-13(10-15)12-23/h3-11H,1-2H3,(H,24,29)(H,25,28)(H,26,31). The molecule has 33 heavy (non-hydrogen) atoms. The summed E-state index contributed by atoms with van der Waals surface area (Å²) in [5.41, 5.74) is 2.60. The zero-order valence-corrected chi connectivity index (χ0v) is 18.5. The van der Waals surface area contributed by atoms with Crippen molar-refractivity contribution < 1.29 is 9.35 Å². The molecule has 1 unspecified atom stereocenters. The lowest BCUT2D eigenvalue weighted by Gasteiger charge is -2.14. The van der Waals surface area contributed by atoms with Crippen LogP contribution in [0.25, 0.3) is 5.65 Å². The summed E-state index contributed by atoms with van der Waals surface area (Å²) in [5, 5.41) is 19.5. The Bertz CT molecular complexity index is 1440. The first-order valence-corrected chi connectivity index (χ1v) is 11.1. The van der Waals surface area contributed by atoms with Crippen molar-refractivity contribution in [3.05, 3.63) is 66.0 Å². The number of anilines is 4. The maximum atomic E-state index is 12.8. The lowest BCUT2D eigenvalue weighted by atomic mass is 9.86. The maximum absolute atomic E-state index is 12.8. The first-order chi connectivity index (χ1) is 15.8. The van der Waals surface area contributed by atoms with Gasteiger partial charge in [0.15, 0.2) is 4.90 Å². The highest BCUT2D eigenvalue weighted by Gasteiger charge is 2.38. The van der Waals surface area contributed by atoms with Gasteiger partial charge >= 0.3 is 0 Å². The average Bonchev–Trinajstić information content (AvgIpc) is 3.31. The minimum atomic E-state index is -1.65. The fourth-order valence-corrected chi connectivity index (χ4v) is 4.44. The molecule has 2 aromatic carbocycles. The Morgan fingerprint density at radius 3 is 2.91 bits per heavy atom. The van der Waals surface area contributed by atoms with Gasteiger partial charge in [0.2, 0.25) is 23.3 Å². The van der Waals surface area contributed by atoms with Crippen molar-refractivity contribution in [1.82, 2.24) is 19.6 Å². The largest absolute Gasteiger partial charge is 0.588 e. The zero-order valence-electron chi connectivity index (χ0n) is 17.7. The Balaban J connectivity index is 1.40. The average molecular weight is 459 g/mol. The molecule has 1 aliphatic heterocycles. The third-order valence-corrected chi connectivity index (χ3v) is 6.45. The Labute approximate surface area is 192 Å². The number of benzene rings is 2. The number of nitrogens with zero attached hydrogens (tertiary/aromatic N) is 5. The predicted molar refractivity (Wildman–Crippen MR) is 123 cm³/mol. The van der Waals surface area contributed by atoms with Crippen molar-refractivity contribution >= 4 is 46.1 Å². The van der Waals surface area contributed by atoms with E-state index in [1.807, 2.05) is 38.1 Å². The lowest BCUT2D eigenvalue weighted by Crippen LogP contribution is -2.26. The number of rotatable bonds is 5. The summed E-state index contributed by atoms with van der Waals surface area (Å²) in [7, 11) is 0. The van der Waals surface area contributed by atoms with Crippen molar-refractivity contribution in [3.63, 3.8) is 0 Å². The summed E-state index contributed by atoms with van der Waals surface area (Å²) >= 11 is -1.65. The summed E-state index contributed by atoms with van der Waals surface area (Å²) < 4.78 is 17.1. The molecule has 0 saturated heterocycles. The molecule has 1 atom stereocenters. The Hall–Kier alpha value is -4.14. The van der Waals surface area contributed by atoms with E-state index in [0.717, 1.165) is 11.3 Å². The Morgan fingerprint density at radius 2 is 2.09 bits per heavy atom. The normalized spacial score (nSPS) is 14.9. The van der Waals surface area contributed by atoms with Crippen LogP contribution in [-0.4, -0.2) is 30.0 Å². The number of carbonyl (C=O) groups is 1. The molecule has 164 valence electrons. The number of nitriles is 1. The highest BCUT2D eigenvalue weighted by Crippen LogP contribution is 2.38. The second kappa shape index (κ2) is 7.77. The van der Waals surface area contributed by atoms with Gasteiger partial charge < -0.3 is 15.2 Å². The molecule has 0 bridgehead atoms. The van der Waals surface area contributed by atoms with E-state index < -0.39 is 16.8 Å². The number of hydrogen-bond acceptors (Lipinski definition) is 8. The fraction of sp³-hybridized carbons (Fsp3) is 0.136. The molecular weight excluding hydrogens is 440 g/mol. The van der Waals surface area contributed by atoms with Gasteiger partial charge in [-0.3, -0.25) is 4.79 Å². The van der Waals surface area contributed by atoms with E-state index in [4.69, 9.17) is 5.26 Å². The minimum Gasteiger partial charge on any atom is -0.588 e. The first-order valence-electron chi connectivity index (χ1n) is 9.98. The second-order valence-corrected chi connectivity index (χ2v) is 9.17. The molecule has 0 saturated carbocycles. The topological polar surface area (TPSA) is 143 Å². The van der Waals surface area contributed by atoms with Crippen LogP contribution >= 0.6 is 0 Å². The van der Waals surface area contributed by atoms with E-state index in [9.17, 15) is 9.35 Å². The van der Waals surface area contributed by atoms with Crippen LogP contribution in [0.3, 0.4) is 0 Å². The number of aromatic nitrogens is 4. The monoisotopic (exact) mass is 458 g/mol. The molecule has 1 aliphatic rings. The van der Waals surface area contributed by atoms with Gasteiger partial charge in [0.1, 0.15) is 11.4 Å². The van der Waals surface area contributed by atoms with E-state index in [1.54, 1.807) is 30.5 Å². The smallest absolute Gasteiger partial charge is 0.247 e. The molecule has 2 aromatic heterocycles. The lowest BCUT2D eigenvalue weighted by molar-refractivity contribution is -0.119. The molecule has 10 nitrogen and oxygen atoms in total. The van der Waals surface area contributed by atoms with E-state index in [0.29, 0.717) is 27.7 Å². The summed E-state index contributed by atoms with van der Waals surface area (Å²) in [6.07, 6.45) is 3.15. The molecule has 1 amide bonds. The number of nitrogens with one attached hydrogen (secondary N) is 3. The Morgan fingerprint density at radius 1 is 1.24 bits per heavy atom. The van der Waals surface area contributed by atoms with Crippen molar-refractivity contribution in [2.75, 3.05) is 15.4 Å². The molecule has 0 spiro atoms. The highest BCUT2D eigenvalue weighted by molar-refractivity contribution is 7.92. The van der Waals surface area contributed by atoms with Crippen LogP contribution in [0, 0.1) is 11.3 Å². The molecule has 3 heterocycles. The van der Waals surface area contributed by atoms with Crippen LogP contribution in [-0.2, 0) is 21.6 Å². The Kier molecular flexibility index (Phi) is 4.88.